The zero-order valence-electron chi connectivity index (χ0n) is 12.1. The van der Waals surface area contributed by atoms with Crippen LogP contribution in [0, 0.1) is 17.8 Å². The number of aromatic nitrogens is 1. The molecule has 2 aliphatic carbocycles. The number of fused-ring (bicyclic) bond motifs is 2. The third kappa shape index (κ3) is 2.37. The Balaban J connectivity index is 1.65. The van der Waals surface area contributed by atoms with Gasteiger partial charge in [-0.3, -0.25) is 4.79 Å². The molecule has 1 aromatic rings. The van der Waals surface area contributed by atoms with E-state index >= 15 is 0 Å². The van der Waals surface area contributed by atoms with Crippen molar-refractivity contribution in [1.82, 2.24) is 9.88 Å². The molecule has 0 saturated heterocycles. The van der Waals surface area contributed by atoms with Gasteiger partial charge in [-0.05, 0) is 37.0 Å². The van der Waals surface area contributed by atoms with Crippen LogP contribution in [0.3, 0.4) is 0 Å². The standard InChI is InChI=1S/C14H22N4OS/c1-16-14-17-12(15)11(20-14)13(19)18(2)7-10-6-8-3-4-9(10)5-8/h8-10H,3-7,15H2,1-2H3,(H,16,17). The molecule has 0 spiro atoms. The summed E-state index contributed by atoms with van der Waals surface area (Å²) in [4.78, 5) is 19.0. The molecule has 2 aliphatic rings. The number of nitrogen functional groups attached to an aromatic ring is 1. The number of nitrogens with two attached hydrogens (primary N) is 1. The summed E-state index contributed by atoms with van der Waals surface area (Å²) in [5.74, 6) is 2.77. The number of anilines is 2. The lowest BCUT2D eigenvalue weighted by atomic mass is 9.88. The van der Waals surface area contributed by atoms with E-state index in [2.05, 4.69) is 10.3 Å². The van der Waals surface area contributed by atoms with Crippen LogP contribution in [-0.4, -0.2) is 36.4 Å². The summed E-state index contributed by atoms with van der Waals surface area (Å²) >= 11 is 1.33. The van der Waals surface area contributed by atoms with Crippen molar-refractivity contribution in [2.24, 2.45) is 17.8 Å². The van der Waals surface area contributed by atoms with Gasteiger partial charge in [0.05, 0.1) is 0 Å². The SMILES string of the molecule is CNc1nc(N)c(C(=O)N(C)CC2CC3CCC2C3)s1. The molecule has 1 amide bonds. The van der Waals surface area contributed by atoms with Crippen LogP contribution >= 0.6 is 11.3 Å². The molecule has 0 radical (unpaired) electrons. The number of amides is 1. The van der Waals surface area contributed by atoms with Crippen molar-refractivity contribution in [3.05, 3.63) is 4.88 Å². The summed E-state index contributed by atoms with van der Waals surface area (Å²) in [7, 11) is 3.66. The molecule has 6 heteroatoms. The van der Waals surface area contributed by atoms with E-state index in [9.17, 15) is 4.79 Å². The second-order valence-corrected chi connectivity index (χ2v) is 7.10. The van der Waals surface area contributed by atoms with Crippen molar-refractivity contribution >= 4 is 28.2 Å². The number of carbonyl (C=O) groups excluding carboxylic acids is 1. The topological polar surface area (TPSA) is 71.2 Å². The van der Waals surface area contributed by atoms with Gasteiger partial charge in [0.1, 0.15) is 10.7 Å². The van der Waals surface area contributed by atoms with Gasteiger partial charge in [-0.25, -0.2) is 4.98 Å². The predicted molar refractivity (Wildman–Crippen MR) is 82.0 cm³/mol. The fraction of sp³-hybridized carbons (Fsp3) is 0.714. The Bertz CT molecular complexity index is 515. The highest BCUT2D eigenvalue weighted by molar-refractivity contribution is 7.18. The summed E-state index contributed by atoms with van der Waals surface area (Å²) in [6.07, 6.45) is 5.41. The molecule has 3 N–H and O–H groups in total. The van der Waals surface area contributed by atoms with Crippen LogP contribution < -0.4 is 11.1 Å². The highest BCUT2D eigenvalue weighted by Crippen LogP contribution is 2.48. The number of rotatable bonds is 4. The third-order valence-electron chi connectivity index (χ3n) is 4.80. The molecule has 110 valence electrons. The minimum Gasteiger partial charge on any atom is -0.382 e. The first-order chi connectivity index (χ1) is 9.58. The number of nitrogens with one attached hydrogen (secondary N) is 1. The van der Waals surface area contributed by atoms with Gasteiger partial charge < -0.3 is 16.0 Å². The quantitative estimate of drug-likeness (QED) is 0.893. The Morgan fingerprint density at radius 3 is 2.85 bits per heavy atom. The van der Waals surface area contributed by atoms with E-state index in [-0.39, 0.29) is 5.91 Å². The molecule has 20 heavy (non-hydrogen) atoms. The Morgan fingerprint density at radius 1 is 1.50 bits per heavy atom. The summed E-state index contributed by atoms with van der Waals surface area (Å²) < 4.78 is 0. The monoisotopic (exact) mass is 294 g/mol. The highest BCUT2D eigenvalue weighted by Gasteiger charge is 2.40. The summed E-state index contributed by atoms with van der Waals surface area (Å²) in [5.41, 5.74) is 5.84. The van der Waals surface area contributed by atoms with E-state index in [0.29, 0.717) is 21.7 Å². The van der Waals surface area contributed by atoms with Gasteiger partial charge in [-0.15, -0.1) is 0 Å². The van der Waals surface area contributed by atoms with Crippen molar-refractivity contribution < 1.29 is 4.79 Å². The lowest BCUT2D eigenvalue weighted by molar-refractivity contribution is 0.0760. The van der Waals surface area contributed by atoms with E-state index in [1.807, 2.05) is 11.9 Å². The maximum absolute atomic E-state index is 12.5. The van der Waals surface area contributed by atoms with Gasteiger partial charge in [0.25, 0.3) is 5.91 Å². The molecule has 2 fully saturated rings. The smallest absolute Gasteiger partial charge is 0.267 e. The van der Waals surface area contributed by atoms with E-state index in [0.717, 1.165) is 18.4 Å². The summed E-state index contributed by atoms with van der Waals surface area (Å²) in [6, 6.07) is 0. The second kappa shape index (κ2) is 5.24. The van der Waals surface area contributed by atoms with Crippen molar-refractivity contribution in [3.63, 3.8) is 0 Å². The molecule has 1 heterocycles. The van der Waals surface area contributed by atoms with Crippen LogP contribution in [0.25, 0.3) is 0 Å². The zero-order chi connectivity index (χ0) is 14.3. The van der Waals surface area contributed by atoms with Gasteiger partial charge >= 0.3 is 0 Å². The Kier molecular flexibility index (Phi) is 3.58. The van der Waals surface area contributed by atoms with Crippen LogP contribution in [0.1, 0.15) is 35.4 Å². The lowest BCUT2D eigenvalue weighted by Crippen LogP contribution is -2.33. The van der Waals surface area contributed by atoms with Crippen LogP contribution in [0.5, 0.6) is 0 Å². The highest BCUT2D eigenvalue weighted by atomic mass is 32.1. The van der Waals surface area contributed by atoms with Gasteiger partial charge in [0.15, 0.2) is 5.13 Å². The molecular weight excluding hydrogens is 272 g/mol. The largest absolute Gasteiger partial charge is 0.382 e. The molecule has 3 rings (SSSR count). The van der Waals surface area contributed by atoms with Crippen molar-refractivity contribution in [2.45, 2.75) is 25.7 Å². The van der Waals surface area contributed by atoms with E-state index < -0.39 is 0 Å². The first-order valence-electron chi connectivity index (χ1n) is 7.28. The first kappa shape index (κ1) is 13.7. The van der Waals surface area contributed by atoms with Gasteiger partial charge in [0.2, 0.25) is 0 Å². The normalized spacial score (nSPS) is 27.8. The minimum absolute atomic E-state index is 0.00396. The maximum atomic E-state index is 12.5. The first-order valence-corrected chi connectivity index (χ1v) is 8.09. The number of hydrogen-bond donors (Lipinski definition) is 2. The molecule has 5 nitrogen and oxygen atoms in total. The molecule has 2 bridgehead atoms. The third-order valence-corrected chi connectivity index (χ3v) is 5.88. The van der Waals surface area contributed by atoms with Crippen LogP contribution in [0.15, 0.2) is 0 Å². The molecule has 3 unspecified atom stereocenters. The number of carbonyl (C=O) groups is 1. The molecule has 1 aromatic heterocycles. The van der Waals surface area contributed by atoms with Crippen molar-refractivity contribution in [3.8, 4) is 0 Å². The minimum atomic E-state index is 0.00396. The molecule has 0 aliphatic heterocycles. The second-order valence-electron chi connectivity index (χ2n) is 6.10. The Labute approximate surface area is 123 Å². The van der Waals surface area contributed by atoms with E-state index in [1.165, 1.54) is 37.0 Å². The average Bonchev–Trinajstić information content (AvgIpc) is 3.12. The molecule has 0 aromatic carbocycles. The van der Waals surface area contributed by atoms with Crippen molar-refractivity contribution in [1.29, 1.82) is 0 Å². The number of nitrogens with zero attached hydrogens (tertiary/aromatic N) is 2. The molecule has 2 saturated carbocycles. The average molecular weight is 294 g/mol. The number of thiazole rings is 1. The number of hydrogen-bond acceptors (Lipinski definition) is 5. The summed E-state index contributed by atoms with van der Waals surface area (Å²) in [6.45, 7) is 0.853. The fourth-order valence-electron chi connectivity index (χ4n) is 3.80. The predicted octanol–water partition coefficient (Wildman–Crippen LogP) is 2.28. The van der Waals surface area contributed by atoms with Gasteiger partial charge in [-0.2, -0.15) is 0 Å². The molecular formula is C14H22N4OS. The van der Waals surface area contributed by atoms with E-state index in [1.54, 1.807) is 7.05 Å². The van der Waals surface area contributed by atoms with Crippen LogP contribution in [0.2, 0.25) is 0 Å². The van der Waals surface area contributed by atoms with Crippen molar-refractivity contribution in [2.75, 3.05) is 31.7 Å². The van der Waals surface area contributed by atoms with Crippen LogP contribution in [0.4, 0.5) is 10.9 Å². The fourth-order valence-corrected chi connectivity index (χ4v) is 4.63. The Hall–Kier alpha value is -1.30. The molecule has 3 atom stereocenters. The van der Waals surface area contributed by atoms with E-state index in [4.69, 9.17) is 5.73 Å². The van der Waals surface area contributed by atoms with Gasteiger partial charge in [-0.1, -0.05) is 17.8 Å². The Morgan fingerprint density at radius 2 is 2.30 bits per heavy atom. The summed E-state index contributed by atoms with van der Waals surface area (Å²) in [5, 5.41) is 3.63. The lowest BCUT2D eigenvalue weighted by Gasteiger charge is -2.27. The zero-order valence-corrected chi connectivity index (χ0v) is 12.9. The van der Waals surface area contributed by atoms with Crippen LogP contribution in [-0.2, 0) is 0 Å². The van der Waals surface area contributed by atoms with Gasteiger partial charge in [0, 0.05) is 20.6 Å². The maximum Gasteiger partial charge on any atom is 0.267 e.